The maximum Gasteiger partial charge on any atom is 0.110 e. The lowest BCUT2D eigenvalue weighted by atomic mass is 10.4. The molecule has 0 bridgehead atoms. The summed E-state index contributed by atoms with van der Waals surface area (Å²) >= 11 is 0. The number of rotatable bonds is 5. The molecule has 0 aliphatic carbocycles. The van der Waals surface area contributed by atoms with Crippen molar-refractivity contribution in [3.8, 4) is 0 Å². The Morgan fingerprint density at radius 1 is 1.80 bits per heavy atom. The van der Waals surface area contributed by atoms with E-state index >= 15 is 0 Å². The van der Waals surface area contributed by atoms with Crippen LogP contribution < -0.4 is 0 Å². The molecule has 0 amide bonds. The highest BCUT2D eigenvalue weighted by Crippen LogP contribution is 1.90. The molecule has 0 rings (SSSR count). The van der Waals surface area contributed by atoms with E-state index in [0.29, 0.717) is 6.61 Å². The molecule has 1 unspecified atom stereocenters. The van der Waals surface area contributed by atoms with Gasteiger partial charge < -0.3 is 9.84 Å². The molecule has 0 aliphatic heterocycles. The summed E-state index contributed by atoms with van der Waals surface area (Å²) in [5.41, 5.74) is 0.887. The zero-order valence-electron chi connectivity index (χ0n) is 6.17. The fourth-order valence-corrected chi connectivity index (χ4v) is 0.417. The molecule has 59 valence electrons. The van der Waals surface area contributed by atoms with Crippen molar-refractivity contribution in [1.82, 2.24) is 0 Å². The average molecular weight is 145 g/mol. The summed E-state index contributed by atoms with van der Waals surface area (Å²) in [5.74, 6) is 0. The van der Waals surface area contributed by atoms with Crippen molar-refractivity contribution in [3.05, 3.63) is 12.2 Å². The van der Waals surface area contributed by atoms with Gasteiger partial charge in [-0.2, -0.15) is 0 Å². The second kappa shape index (κ2) is 5.41. The molecule has 0 aromatic rings. The molecule has 0 heterocycles. The summed E-state index contributed by atoms with van der Waals surface area (Å²) in [5, 5.41) is 18.7. The molecule has 10 heavy (non-hydrogen) atoms. The van der Waals surface area contributed by atoms with Gasteiger partial charge in [0.1, 0.15) is 12.7 Å². The largest absolute Gasteiger partial charge is 0.388 e. The van der Waals surface area contributed by atoms with Crippen LogP contribution in [0.1, 0.15) is 6.92 Å². The molecule has 0 saturated heterocycles. The number of hydrogen-bond donors (Lipinski definition) is 1. The van der Waals surface area contributed by atoms with Crippen molar-refractivity contribution >= 4 is 0 Å². The highest BCUT2D eigenvalue weighted by molar-refractivity contribution is 4.87. The molecule has 0 aromatic heterocycles. The van der Waals surface area contributed by atoms with E-state index in [9.17, 15) is 5.11 Å². The van der Waals surface area contributed by atoms with Gasteiger partial charge in [0.2, 0.25) is 0 Å². The summed E-state index contributed by atoms with van der Waals surface area (Å²) in [6, 6.07) is 0. The SMILES string of the molecule is C=C(C)COCC(O)C[O]. The van der Waals surface area contributed by atoms with Crippen LogP contribution in [0.3, 0.4) is 0 Å². The Bertz CT molecular complexity index is 101. The van der Waals surface area contributed by atoms with Gasteiger partial charge >= 0.3 is 0 Å². The third-order valence-corrected chi connectivity index (χ3v) is 0.851. The average Bonchev–Trinajstić information content (AvgIpc) is 1.87. The minimum absolute atomic E-state index is 0.107. The molecule has 0 aromatic carbocycles. The van der Waals surface area contributed by atoms with E-state index in [1.165, 1.54) is 0 Å². The quantitative estimate of drug-likeness (QED) is 0.568. The van der Waals surface area contributed by atoms with E-state index in [0.717, 1.165) is 5.57 Å². The topological polar surface area (TPSA) is 49.4 Å². The van der Waals surface area contributed by atoms with Gasteiger partial charge in [0.15, 0.2) is 0 Å². The standard InChI is InChI=1S/C7H13O3/c1-6(2)4-10-5-7(9)3-8/h7,9H,1,3-5H2,2H3. The summed E-state index contributed by atoms with van der Waals surface area (Å²) in [4.78, 5) is 0. The molecule has 0 fully saturated rings. The molecule has 0 spiro atoms. The first-order valence-electron chi connectivity index (χ1n) is 3.15. The predicted molar refractivity (Wildman–Crippen MR) is 37.2 cm³/mol. The lowest BCUT2D eigenvalue weighted by Crippen LogP contribution is -2.19. The number of aliphatic hydroxyl groups excluding tert-OH is 1. The molecule has 0 saturated carbocycles. The normalized spacial score (nSPS) is 13.1. The van der Waals surface area contributed by atoms with Crippen LogP contribution in [0.5, 0.6) is 0 Å². The molecule has 1 radical (unpaired) electrons. The van der Waals surface area contributed by atoms with Crippen LogP contribution in [0.15, 0.2) is 12.2 Å². The van der Waals surface area contributed by atoms with Gasteiger partial charge in [-0.15, -0.1) is 0 Å². The van der Waals surface area contributed by atoms with Gasteiger partial charge in [-0.05, 0) is 6.92 Å². The van der Waals surface area contributed by atoms with Crippen LogP contribution in [-0.4, -0.2) is 31.0 Å². The minimum atomic E-state index is -0.876. The second-order valence-electron chi connectivity index (χ2n) is 2.29. The van der Waals surface area contributed by atoms with Crippen molar-refractivity contribution in [3.63, 3.8) is 0 Å². The Morgan fingerprint density at radius 2 is 2.40 bits per heavy atom. The third kappa shape index (κ3) is 5.75. The number of aliphatic hydroxyl groups is 1. The fraction of sp³-hybridized carbons (Fsp3) is 0.714. The van der Waals surface area contributed by atoms with Gasteiger partial charge in [-0.1, -0.05) is 12.2 Å². The van der Waals surface area contributed by atoms with Gasteiger partial charge in [-0.25, -0.2) is 5.11 Å². The second-order valence-corrected chi connectivity index (χ2v) is 2.29. The van der Waals surface area contributed by atoms with Gasteiger partial charge in [0, 0.05) is 0 Å². The van der Waals surface area contributed by atoms with Gasteiger partial charge in [0.05, 0.1) is 13.2 Å². The maximum absolute atomic E-state index is 9.95. The first-order valence-corrected chi connectivity index (χ1v) is 3.15. The Kier molecular flexibility index (Phi) is 5.20. The van der Waals surface area contributed by atoms with E-state index in [4.69, 9.17) is 9.84 Å². The molecule has 3 heteroatoms. The van der Waals surface area contributed by atoms with Crippen LogP contribution in [0.25, 0.3) is 0 Å². The molecule has 3 nitrogen and oxygen atoms in total. The van der Waals surface area contributed by atoms with Crippen LogP contribution in [0.2, 0.25) is 0 Å². The lowest BCUT2D eigenvalue weighted by Gasteiger charge is -2.06. The maximum atomic E-state index is 9.95. The molecular formula is C7H13O3. The van der Waals surface area contributed by atoms with E-state index in [2.05, 4.69) is 6.58 Å². The Hall–Kier alpha value is -0.380. The van der Waals surface area contributed by atoms with Gasteiger partial charge in [-0.3, -0.25) is 0 Å². The molecule has 1 atom stereocenters. The molecule has 1 N–H and O–H groups in total. The first-order chi connectivity index (χ1) is 4.66. The lowest BCUT2D eigenvalue weighted by molar-refractivity contribution is -0.00649. The number of ether oxygens (including phenoxy) is 1. The predicted octanol–water partition coefficient (Wildman–Crippen LogP) is 0.370. The third-order valence-electron chi connectivity index (χ3n) is 0.851. The van der Waals surface area contributed by atoms with E-state index in [-0.39, 0.29) is 6.61 Å². The summed E-state index contributed by atoms with van der Waals surface area (Å²) in [6.45, 7) is 5.43. The highest BCUT2D eigenvalue weighted by Gasteiger charge is 2.01. The summed E-state index contributed by atoms with van der Waals surface area (Å²) in [6.07, 6.45) is -0.876. The smallest absolute Gasteiger partial charge is 0.110 e. The van der Waals surface area contributed by atoms with Crippen molar-refractivity contribution in [2.75, 3.05) is 19.8 Å². The van der Waals surface area contributed by atoms with Crippen LogP contribution in [-0.2, 0) is 9.84 Å². The monoisotopic (exact) mass is 145 g/mol. The van der Waals surface area contributed by atoms with E-state index < -0.39 is 12.7 Å². The van der Waals surface area contributed by atoms with Crippen LogP contribution in [0.4, 0.5) is 0 Å². The Balaban J connectivity index is 3.11. The van der Waals surface area contributed by atoms with Crippen molar-refractivity contribution in [1.29, 1.82) is 0 Å². The summed E-state index contributed by atoms with van der Waals surface area (Å²) in [7, 11) is 0. The number of hydrogen-bond acceptors (Lipinski definition) is 2. The van der Waals surface area contributed by atoms with Gasteiger partial charge in [0.25, 0.3) is 0 Å². The van der Waals surface area contributed by atoms with Crippen LogP contribution >= 0.6 is 0 Å². The molecule has 0 aliphatic rings. The molecular weight excluding hydrogens is 132 g/mol. The van der Waals surface area contributed by atoms with Crippen molar-refractivity contribution in [2.24, 2.45) is 0 Å². The summed E-state index contributed by atoms with van der Waals surface area (Å²) < 4.78 is 4.90. The fourth-order valence-electron chi connectivity index (χ4n) is 0.417. The zero-order chi connectivity index (χ0) is 7.98. The first kappa shape index (κ1) is 9.62. The van der Waals surface area contributed by atoms with Crippen LogP contribution in [0, 0.1) is 0 Å². The zero-order valence-corrected chi connectivity index (χ0v) is 6.17. The van der Waals surface area contributed by atoms with Crippen molar-refractivity contribution in [2.45, 2.75) is 13.0 Å². The van der Waals surface area contributed by atoms with E-state index in [1.807, 2.05) is 6.92 Å². The Labute approximate surface area is 60.9 Å². The van der Waals surface area contributed by atoms with E-state index in [1.54, 1.807) is 0 Å². The van der Waals surface area contributed by atoms with Crippen molar-refractivity contribution < 1.29 is 14.9 Å². The minimum Gasteiger partial charge on any atom is -0.388 e. The highest BCUT2D eigenvalue weighted by atomic mass is 16.5. The Morgan fingerprint density at radius 3 is 2.80 bits per heavy atom.